The van der Waals surface area contributed by atoms with E-state index in [1.807, 2.05) is 37.4 Å². The first kappa shape index (κ1) is 14.5. The predicted octanol–water partition coefficient (Wildman–Crippen LogP) is 2.71. The quantitative estimate of drug-likeness (QED) is 0.808. The number of benzene rings is 1. The van der Waals surface area contributed by atoms with Gasteiger partial charge in [0.2, 0.25) is 5.91 Å². The van der Waals surface area contributed by atoms with Crippen LogP contribution in [0.15, 0.2) is 40.8 Å². The number of fused-ring (bicyclic) bond motifs is 1. The molecule has 2 aromatic heterocycles. The number of hydrogen-bond acceptors (Lipinski definition) is 4. The van der Waals surface area contributed by atoms with Gasteiger partial charge in [0.25, 0.3) is 5.56 Å². The Morgan fingerprint density at radius 2 is 2.14 bits per heavy atom. The highest BCUT2D eigenvalue weighted by Gasteiger charge is 2.10. The van der Waals surface area contributed by atoms with E-state index in [1.165, 1.54) is 22.2 Å². The molecule has 1 aromatic carbocycles. The number of amides is 1. The van der Waals surface area contributed by atoms with Gasteiger partial charge in [-0.3, -0.25) is 14.2 Å². The van der Waals surface area contributed by atoms with E-state index in [1.54, 1.807) is 6.07 Å². The van der Waals surface area contributed by atoms with E-state index in [-0.39, 0.29) is 18.0 Å². The highest BCUT2D eigenvalue weighted by molar-refractivity contribution is 7.16. The smallest absolute Gasteiger partial charge is 0.262 e. The van der Waals surface area contributed by atoms with Crippen molar-refractivity contribution in [3.05, 3.63) is 57.5 Å². The normalized spacial score (nSPS) is 10.8. The molecule has 1 amide bonds. The van der Waals surface area contributed by atoms with E-state index in [4.69, 9.17) is 0 Å². The van der Waals surface area contributed by atoms with Crippen molar-refractivity contribution in [2.45, 2.75) is 20.4 Å². The molecule has 0 saturated heterocycles. The Hall–Kier alpha value is -2.47. The van der Waals surface area contributed by atoms with Crippen LogP contribution in [0.5, 0.6) is 0 Å². The van der Waals surface area contributed by atoms with E-state index in [0.29, 0.717) is 10.2 Å². The lowest BCUT2D eigenvalue weighted by Gasteiger charge is -2.10. The van der Waals surface area contributed by atoms with Crippen LogP contribution < -0.4 is 10.9 Å². The van der Waals surface area contributed by atoms with Crippen molar-refractivity contribution >= 4 is 33.1 Å². The molecule has 2 heterocycles. The highest BCUT2D eigenvalue weighted by Crippen LogP contribution is 2.16. The number of nitrogens with zero attached hydrogens (tertiary/aromatic N) is 2. The summed E-state index contributed by atoms with van der Waals surface area (Å²) in [6.07, 6.45) is 1.42. The van der Waals surface area contributed by atoms with Gasteiger partial charge in [0.05, 0.1) is 11.7 Å². The average molecular weight is 313 g/mol. The highest BCUT2D eigenvalue weighted by atomic mass is 32.1. The number of carbonyl (C=O) groups excluding carboxylic acids is 1. The summed E-state index contributed by atoms with van der Waals surface area (Å²) in [6.45, 7) is 3.85. The van der Waals surface area contributed by atoms with Gasteiger partial charge >= 0.3 is 0 Å². The maximum atomic E-state index is 12.2. The van der Waals surface area contributed by atoms with Gasteiger partial charge in [-0.25, -0.2) is 4.98 Å². The Balaban J connectivity index is 1.82. The van der Waals surface area contributed by atoms with E-state index in [2.05, 4.69) is 10.3 Å². The van der Waals surface area contributed by atoms with Gasteiger partial charge < -0.3 is 5.32 Å². The Bertz CT molecular complexity index is 911. The molecular weight excluding hydrogens is 298 g/mol. The summed E-state index contributed by atoms with van der Waals surface area (Å²) in [6, 6.07) is 7.59. The van der Waals surface area contributed by atoms with Crippen LogP contribution in [0.2, 0.25) is 0 Å². The Labute approximate surface area is 131 Å². The average Bonchev–Trinajstić information content (AvgIpc) is 2.95. The summed E-state index contributed by atoms with van der Waals surface area (Å²) in [5.74, 6) is -0.243. The molecule has 3 rings (SSSR count). The number of rotatable bonds is 3. The first-order valence-corrected chi connectivity index (χ1v) is 7.72. The molecule has 0 saturated carbocycles. The molecule has 22 heavy (non-hydrogen) atoms. The van der Waals surface area contributed by atoms with E-state index < -0.39 is 0 Å². The Morgan fingerprint density at radius 3 is 2.95 bits per heavy atom. The topological polar surface area (TPSA) is 64.0 Å². The number of aryl methyl sites for hydroxylation is 2. The molecule has 0 fully saturated rings. The second-order valence-electron chi connectivity index (χ2n) is 5.18. The lowest BCUT2D eigenvalue weighted by Crippen LogP contribution is -2.27. The second kappa shape index (κ2) is 5.73. The molecule has 0 aliphatic rings. The van der Waals surface area contributed by atoms with Crippen LogP contribution in [-0.4, -0.2) is 15.5 Å². The molecular formula is C16H15N3O2S. The van der Waals surface area contributed by atoms with Gasteiger partial charge in [-0.15, -0.1) is 11.3 Å². The van der Waals surface area contributed by atoms with Crippen LogP contribution in [0, 0.1) is 13.8 Å². The standard InChI is InChI=1S/C16H15N3O2S/c1-10-3-4-11(2)13(7-10)18-14(20)8-19-9-17-15-12(16(19)21)5-6-22-15/h3-7,9H,8H2,1-2H3,(H,18,20). The summed E-state index contributed by atoms with van der Waals surface area (Å²) >= 11 is 1.41. The van der Waals surface area contributed by atoms with Crippen LogP contribution in [-0.2, 0) is 11.3 Å². The summed E-state index contributed by atoms with van der Waals surface area (Å²) in [5.41, 5.74) is 2.63. The van der Waals surface area contributed by atoms with Crippen LogP contribution in [0.4, 0.5) is 5.69 Å². The van der Waals surface area contributed by atoms with Crippen molar-refractivity contribution in [3.63, 3.8) is 0 Å². The lowest BCUT2D eigenvalue weighted by atomic mass is 10.1. The fraction of sp³-hybridized carbons (Fsp3) is 0.188. The minimum absolute atomic E-state index is 0.0506. The van der Waals surface area contributed by atoms with Gasteiger partial charge in [0.1, 0.15) is 11.4 Å². The van der Waals surface area contributed by atoms with Crippen LogP contribution in [0.1, 0.15) is 11.1 Å². The maximum Gasteiger partial charge on any atom is 0.262 e. The largest absolute Gasteiger partial charge is 0.324 e. The number of hydrogen-bond donors (Lipinski definition) is 1. The molecule has 0 unspecified atom stereocenters. The number of carbonyl (C=O) groups is 1. The third-order valence-corrected chi connectivity index (χ3v) is 4.25. The molecule has 5 nitrogen and oxygen atoms in total. The molecule has 0 radical (unpaired) electrons. The number of aromatic nitrogens is 2. The molecule has 0 atom stereocenters. The van der Waals surface area contributed by atoms with Crippen molar-refractivity contribution in [2.75, 3.05) is 5.32 Å². The van der Waals surface area contributed by atoms with Crippen molar-refractivity contribution in [1.82, 2.24) is 9.55 Å². The van der Waals surface area contributed by atoms with Gasteiger partial charge in [0.15, 0.2) is 0 Å². The molecule has 0 bridgehead atoms. The zero-order valence-corrected chi connectivity index (χ0v) is 13.1. The van der Waals surface area contributed by atoms with Crippen molar-refractivity contribution in [3.8, 4) is 0 Å². The molecule has 112 valence electrons. The fourth-order valence-corrected chi connectivity index (χ4v) is 2.94. The molecule has 3 aromatic rings. The van der Waals surface area contributed by atoms with Gasteiger partial charge in [-0.2, -0.15) is 0 Å². The Morgan fingerprint density at radius 1 is 1.32 bits per heavy atom. The van der Waals surface area contributed by atoms with E-state index in [9.17, 15) is 9.59 Å². The van der Waals surface area contributed by atoms with E-state index >= 15 is 0 Å². The van der Waals surface area contributed by atoms with Crippen LogP contribution >= 0.6 is 11.3 Å². The van der Waals surface area contributed by atoms with Gasteiger partial charge in [-0.1, -0.05) is 12.1 Å². The maximum absolute atomic E-state index is 12.2. The first-order chi connectivity index (χ1) is 10.5. The van der Waals surface area contributed by atoms with Crippen molar-refractivity contribution < 1.29 is 4.79 Å². The zero-order chi connectivity index (χ0) is 15.7. The molecule has 0 aliphatic carbocycles. The SMILES string of the molecule is Cc1ccc(C)c(NC(=O)Cn2cnc3sccc3c2=O)c1. The second-order valence-corrected chi connectivity index (χ2v) is 6.08. The van der Waals surface area contributed by atoms with E-state index in [0.717, 1.165) is 16.8 Å². The third kappa shape index (κ3) is 2.78. The van der Waals surface area contributed by atoms with Gasteiger partial charge in [0, 0.05) is 5.69 Å². The molecule has 1 N–H and O–H groups in total. The fourth-order valence-electron chi connectivity index (χ4n) is 2.22. The first-order valence-electron chi connectivity index (χ1n) is 6.84. The number of nitrogens with one attached hydrogen (secondary N) is 1. The number of thiophene rings is 1. The van der Waals surface area contributed by atoms with Gasteiger partial charge in [-0.05, 0) is 42.5 Å². The molecule has 0 spiro atoms. The minimum Gasteiger partial charge on any atom is -0.324 e. The summed E-state index contributed by atoms with van der Waals surface area (Å²) < 4.78 is 1.33. The molecule has 0 aliphatic heterocycles. The number of anilines is 1. The van der Waals surface area contributed by atoms with Crippen molar-refractivity contribution in [2.24, 2.45) is 0 Å². The zero-order valence-electron chi connectivity index (χ0n) is 12.3. The summed E-state index contributed by atoms with van der Waals surface area (Å²) in [7, 11) is 0. The monoisotopic (exact) mass is 313 g/mol. The van der Waals surface area contributed by atoms with Crippen molar-refractivity contribution in [1.29, 1.82) is 0 Å². The molecule has 6 heteroatoms. The van der Waals surface area contributed by atoms with Crippen LogP contribution in [0.3, 0.4) is 0 Å². The Kier molecular flexibility index (Phi) is 3.77. The summed E-state index contributed by atoms with van der Waals surface area (Å²) in [5, 5.41) is 5.21. The minimum atomic E-state index is -0.243. The summed E-state index contributed by atoms with van der Waals surface area (Å²) in [4.78, 5) is 29.3. The lowest BCUT2D eigenvalue weighted by molar-refractivity contribution is -0.116. The predicted molar refractivity (Wildman–Crippen MR) is 88.4 cm³/mol. The van der Waals surface area contributed by atoms with Crippen LogP contribution in [0.25, 0.3) is 10.2 Å². The third-order valence-electron chi connectivity index (χ3n) is 3.43.